The second-order valence-corrected chi connectivity index (χ2v) is 4.80. The summed E-state index contributed by atoms with van der Waals surface area (Å²) in [5.41, 5.74) is 0.957. The van der Waals surface area contributed by atoms with Crippen molar-refractivity contribution in [1.29, 1.82) is 0 Å². The molecule has 2 heterocycles. The number of rotatable bonds is 5. The van der Waals surface area contributed by atoms with Gasteiger partial charge in [-0.15, -0.1) is 0 Å². The fourth-order valence-electron chi connectivity index (χ4n) is 2.15. The molecule has 2 rings (SSSR count). The van der Waals surface area contributed by atoms with Gasteiger partial charge in [-0.3, -0.25) is 4.79 Å². The summed E-state index contributed by atoms with van der Waals surface area (Å²) in [5.74, 6) is 1.60. The molecule has 6 nitrogen and oxygen atoms in total. The molecule has 1 aliphatic rings. The third-order valence-corrected chi connectivity index (χ3v) is 3.05. The van der Waals surface area contributed by atoms with Crippen LogP contribution in [0.1, 0.15) is 25.5 Å². The van der Waals surface area contributed by atoms with Crippen LogP contribution in [0.4, 0.5) is 11.8 Å². The second kappa shape index (κ2) is 6.36. The molecule has 1 aliphatic heterocycles. The SMILES string of the molecule is CC(=O)NCCNc1nc(C)cc(N2CCCC2)n1. The molecule has 19 heavy (non-hydrogen) atoms. The summed E-state index contributed by atoms with van der Waals surface area (Å²) < 4.78 is 0. The van der Waals surface area contributed by atoms with E-state index in [0.717, 1.165) is 24.6 Å². The van der Waals surface area contributed by atoms with E-state index in [1.165, 1.54) is 19.8 Å². The average Bonchev–Trinajstić information content (AvgIpc) is 2.87. The number of aryl methyl sites for hydroxylation is 1. The zero-order valence-electron chi connectivity index (χ0n) is 11.6. The summed E-state index contributed by atoms with van der Waals surface area (Å²) in [4.78, 5) is 21.9. The fourth-order valence-corrected chi connectivity index (χ4v) is 2.15. The van der Waals surface area contributed by atoms with Gasteiger partial charge in [-0.05, 0) is 19.8 Å². The number of nitrogens with one attached hydrogen (secondary N) is 2. The summed E-state index contributed by atoms with van der Waals surface area (Å²) in [5, 5.41) is 5.87. The van der Waals surface area contributed by atoms with Gasteiger partial charge in [0.1, 0.15) is 5.82 Å². The van der Waals surface area contributed by atoms with Crippen molar-refractivity contribution in [1.82, 2.24) is 15.3 Å². The largest absolute Gasteiger partial charge is 0.356 e. The molecule has 1 fully saturated rings. The highest BCUT2D eigenvalue weighted by Crippen LogP contribution is 2.19. The number of hydrogen-bond donors (Lipinski definition) is 2. The number of carbonyl (C=O) groups excluding carboxylic acids is 1. The molecular formula is C13H21N5O. The van der Waals surface area contributed by atoms with E-state index < -0.39 is 0 Å². The van der Waals surface area contributed by atoms with Gasteiger partial charge < -0.3 is 15.5 Å². The number of amides is 1. The summed E-state index contributed by atoms with van der Waals surface area (Å²) in [6.45, 7) is 6.83. The molecule has 6 heteroatoms. The Labute approximate surface area is 113 Å². The van der Waals surface area contributed by atoms with Crippen molar-refractivity contribution in [3.8, 4) is 0 Å². The molecule has 0 bridgehead atoms. The van der Waals surface area contributed by atoms with Crippen LogP contribution in [-0.2, 0) is 4.79 Å². The molecule has 0 aromatic carbocycles. The number of aromatic nitrogens is 2. The maximum atomic E-state index is 10.8. The highest BCUT2D eigenvalue weighted by Gasteiger charge is 2.14. The lowest BCUT2D eigenvalue weighted by molar-refractivity contribution is -0.118. The Bertz CT molecular complexity index is 443. The van der Waals surface area contributed by atoms with Gasteiger partial charge in [-0.25, -0.2) is 4.98 Å². The zero-order chi connectivity index (χ0) is 13.7. The van der Waals surface area contributed by atoms with Crippen molar-refractivity contribution < 1.29 is 4.79 Å². The quantitative estimate of drug-likeness (QED) is 0.774. The Morgan fingerprint density at radius 2 is 2.05 bits per heavy atom. The minimum absolute atomic E-state index is 0.0234. The number of nitrogens with zero attached hydrogens (tertiary/aromatic N) is 3. The van der Waals surface area contributed by atoms with E-state index in [2.05, 4.69) is 25.5 Å². The van der Waals surface area contributed by atoms with E-state index >= 15 is 0 Å². The Balaban J connectivity index is 1.94. The third kappa shape index (κ3) is 4.08. The van der Waals surface area contributed by atoms with E-state index in [1.807, 2.05) is 13.0 Å². The first-order valence-electron chi connectivity index (χ1n) is 6.74. The third-order valence-electron chi connectivity index (χ3n) is 3.05. The molecule has 104 valence electrons. The summed E-state index contributed by atoms with van der Waals surface area (Å²) >= 11 is 0. The van der Waals surface area contributed by atoms with E-state index in [1.54, 1.807) is 0 Å². The van der Waals surface area contributed by atoms with Crippen molar-refractivity contribution in [2.24, 2.45) is 0 Å². The molecule has 0 unspecified atom stereocenters. The fraction of sp³-hybridized carbons (Fsp3) is 0.615. The standard InChI is InChI=1S/C13H21N5O/c1-10-9-12(18-7-3-4-8-18)17-13(16-10)15-6-5-14-11(2)19/h9H,3-8H2,1-2H3,(H,14,19)(H,15,16,17). The van der Waals surface area contributed by atoms with Crippen LogP contribution in [0.2, 0.25) is 0 Å². The van der Waals surface area contributed by atoms with Crippen LogP contribution >= 0.6 is 0 Å². The first kappa shape index (κ1) is 13.6. The summed E-state index contributed by atoms with van der Waals surface area (Å²) in [7, 11) is 0. The van der Waals surface area contributed by atoms with Crippen molar-refractivity contribution in [2.75, 3.05) is 36.4 Å². The second-order valence-electron chi connectivity index (χ2n) is 4.80. The van der Waals surface area contributed by atoms with Gasteiger partial charge in [0.15, 0.2) is 0 Å². The number of hydrogen-bond acceptors (Lipinski definition) is 5. The first-order valence-corrected chi connectivity index (χ1v) is 6.74. The molecular weight excluding hydrogens is 242 g/mol. The van der Waals surface area contributed by atoms with Crippen molar-refractivity contribution >= 4 is 17.7 Å². The van der Waals surface area contributed by atoms with Gasteiger partial charge in [-0.2, -0.15) is 4.98 Å². The summed E-state index contributed by atoms with van der Waals surface area (Å²) in [6, 6.07) is 2.02. The van der Waals surface area contributed by atoms with Crippen LogP contribution in [0.5, 0.6) is 0 Å². The van der Waals surface area contributed by atoms with Gasteiger partial charge in [0.05, 0.1) is 0 Å². The van der Waals surface area contributed by atoms with Gasteiger partial charge >= 0.3 is 0 Å². The topological polar surface area (TPSA) is 70.2 Å². The van der Waals surface area contributed by atoms with Crippen LogP contribution in [-0.4, -0.2) is 42.1 Å². The van der Waals surface area contributed by atoms with E-state index in [-0.39, 0.29) is 5.91 Å². The molecule has 1 aromatic heterocycles. The normalized spacial score (nSPS) is 14.5. The predicted molar refractivity (Wildman–Crippen MR) is 75.4 cm³/mol. The average molecular weight is 263 g/mol. The smallest absolute Gasteiger partial charge is 0.224 e. The Morgan fingerprint density at radius 1 is 1.32 bits per heavy atom. The monoisotopic (exact) mass is 263 g/mol. The van der Waals surface area contributed by atoms with Gasteiger partial charge in [0.2, 0.25) is 11.9 Å². The number of carbonyl (C=O) groups is 1. The lowest BCUT2D eigenvalue weighted by Crippen LogP contribution is -2.27. The van der Waals surface area contributed by atoms with Crippen LogP contribution in [0.3, 0.4) is 0 Å². The molecule has 0 spiro atoms. The van der Waals surface area contributed by atoms with Crippen LogP contribution in [0, 0.1) is 6.92 Å². The van der Waals surface area contributed by atoms with Crippen LogP contribution in [0.25, 0.3) is 0 Å². The van der Waals surface area contributed by atoms with Gasteiger partial charge in [-0.1, -0.05) is 0 Å². The van der Waals surface area contributed by atoms with E-state index in [0.29, 0.717) is 19.0 Å². The molecule has 0 radical (unpaired) electrons. The summed E-state index contributed by atoms with van der Waals surface area (Å²) in [6.07, 6.45) is 2.46. The molecule has 0 saturated carbocycles. The molecule has 2 N–H and O–H groups in total. The number of anilines is 2. The van der Waals surface area contributed by atoms with Gasteiger partial charge in [0.25, 0.3) is 0 Å². The maximum Gasteiger partial charge on any atom is 0.224 e. The highest BCUT2D eigenvalue weighted by molar-refractivity contribution is 5.72. The van der Waals surface area contributed by atoms with E-state index in [4.69, 9.17) is 0 Å². The van der Waals surface area contributed by atoms with Crippen molar-refractivity contribution in [2.45, 2.75) is 26.7 Å². The molecule has 0 aliphatic carbocycles. The molecule has 1 amide bonds. The molecule has 0 atom stereocenters. The maximum absolute atomic E-state index is 10.8. The minimum Gasteiger partial charge on any atom is -0.356 e. The minimum atomic E-state index is -0.0234. The lowest BCUT2D eigenvalue weighted by Gasteiger charge is -2.17. The highest BCUT2D eigenvalue weighted by atomic mass is 16.1. The first-order chi connectivity index (χ1) is 9.15. The Hall–Kier alpha value is -1.85. The van der Waals surface area contributed by atoms with Crippen molar-refractivity contribution in [3.63, 3.8) is 0 Å². The van der Waals surface area contributed by atoms with Crippen molar-refractivity contribution in [3.05, 3.63) is 11.8 Å². The van der Waals surface area contributed by atoms with Gasteiger partial charge in [0, 0.05) is 44.9 Å². The Kier molecular flexibility index (Phi) is 4.54. The molecule has 1 aromatic rings. The predicted octanol–water partition coefficient (Wildman–Crippen LogP) is 0.933. The van der Waals surface area contributed by atoms with Crippen LogP contribution < -0.4 is 15.5 Å². The van der Waals surface area contributed by atoms with E-state index in [9.17, 15) is 4.79 Å². The molecule has 1 saturated heterocycles. The zero-order valence-corrected chi connectivity index (χ0v) is 11.6. The lowest BCUT2D eigenvalue weighted by atomic mass is 10.4. The Morgan fingerprint density at radius 3 is 2.74 bits per heavy atom. The van der Waals surface area contributed by atoms with Crippen LogP contribution in [0.15, 0.2) is 6.07 Å².